The number of aromatic nitrogens is 2. The molecule has 0 unspecified atom stereocenters. The number of rotatable bonds is 11. The molecule has 0 bridgehead atoms. The van der Waals surface area contributed by atoms with Gasteiger partial charge >= 0.3 is 0 Å². The number of hydrogen-bond acceptors (Lipinski definition) is 7. The quantitative estimate of drug-likeness (QED) is 0.170. The summed E-state index contributed by atoms with van der Waals surface area (Å²) in [6, 6.07) is 7.19. The van der Waals surface area contributed by atoms with Gasteiger partial charge in [0.2, 0.25) is 5.91 Å². The molecule has 3 N–H and O–H groups in total. The van der Waals surface area contributed by atoms with Gasteiger partial charge in [-0.2, -0.15) is 0 Å². The lowest BCUT2D eigenvalue weighted by molar-refractivity contribution is -0.129. The molecule has 0 aliphatic heterocycles. The van der Waals surface area contributed by atoms with Crippen molar-refractivity contribution in [2.75, 3.05) is 19.0 Å². The predicted molar refractivity (Wildman–Crippen MR) is 141 cm³/mol. The number of methoxy groups -OCH3 is 1. The number of hydrogen-bond donors (Lipinski definition) is 3. The van der Waals surface area contributed by atoms with Crippen LogP contribution in [0.5, 0.6) is 11.5 Å². The van der Waals surface area contributed by atoms with E-state index in [1.54, 1.807) is 30.8 Å². The fourth-order valence-electron chi connectivity index (χ4n) is 4.27. The Labute approximate surface area is 215 Å². The van der Waals surface area contributed by atoms with Crippen LogP contribution in [-0.4, -0.2) is 34.8 Å². The van der Waals surface area contributed by atoms with Crippen molar-refractivity contribution in [3.8, 4) is 11.5 Å². The second kappa shape index (κ2) is 11.8. The van der Waals surface area contributed by atoms with E-state index in [1.165, 1.54) is 6.33 Å². The van der Waals surface area contributed by atoms with E-state index >= 15 is 4.39 Å². The first-order valence-corrected chi connectivity index (χ1v) is 12.2. The highest BCUT2D eigenvalue weighted by Crippen LogP contribution is 2.37. The summed E-state index contributed by atoms with van der Waals surface area (Å²) in [5.74, 6) is 0.829. The molecule has 2 aromatic carbocycles. The van der Waals surface area contributed by atoms with Gasteiger partial charge < -0.3 is 14.8 Å². The number of nitrogens with zero attached hydrogens (tertiary/aromatic N) is 2. The number of hydroxylamine groups is 1. The van der Waals surface area contributed by atoms with E-state index in [9.17, 15) is 4.79 Å². The molecule has 1 amide bonds. The predicted octanol–water partition coefficient (Wildman–Crippen LogP) is 5.87. The van der Waals surface area contributed by atoms with Crippen molar-refractivity contribution < 1.29 is 23.9 Å². The van der Waals surface area contributed by atoms with Gasteiger partial charge in [-0.3, -0.25) is 10.0 Å². The summed E-state index contributed by atoms with van der Waals surface area (Å²) in [5.41, 5.74) is 6.04. The van der Waals surface area contributed by atoms with E-state index in [0.29, 0.717) is 65.3 Å². The van der Waals surface area contributed by atoms with Gasteiger partial charge in [0.05, 0.1) is 24.9 Å². The molecule has 37 heavy (non-hydrogen) atoms. The van der Waals surface area contributed by atoms with Crippen LogP contribution in [0.4, 0.5) is 15.9 Å². The summed E-state index contributed by atoms with van der Waals surface area (Å²) in [4.78, 5) is 19.8. The summed E-state index contributed by atoms with van der Waals surface area (Å²) in [6.45, 7) is 6.46. The van der Waals surface area contributed by atoms with Crippen molar-refractivity contribution in [1.82, 2.24) is 15.4 Å². The molecule has 9 heteroatoms. The first kappa shape index (κ1) is 26.1. The molecule has 1 heterocycles. The van der Waals surface area contributed by atoms with E-state index in [2.05, 4.69) is 21.9 Å². The second-order valence-electron chi connectivity index (χ2n) is 9.02. The third kappa shape index (κ3) is 6.06. The van der Waals surface area contributed by atoms with Gasteiger partial charge in [0.15, 0.2) is 17.3 Å². The van der Waals surface area contributed by atoms with E-state index in [-0.39, 0.29) is 11.7 Å². The molecule has 0 fully saturated rings. The number of unbranched alkanes of at least 4 members (excludes halogenated alkanes) is 3. The lowest BCUT2D eigenvalue weighted by atomic mass is 9.89. The van der Waals surface area contributed by atoms with Crippen molar-refractivity contribution in [3.63, 3.8) is 0 Å². The molecular formula is C28H31FN4O4. The van der Waals surface area contributed by atoms with E-state index in [1.807, 2.05) is 19.1 Å². The molecule has 1 aliphatic rings. The lowest BCUT2D eigenvalue weighted by Crippen LogP contribution is -2.17. The smallest absolute Gasteiger partial charge is 0.243 e. The number of allylic oxidation sites excluding steroid dienone is 2. The lowest BCUT2D eigenvalue weighted by Gasteiger charge is -2.19. The number of anilines is 2. The summed E-state index contributed by atoms with van der Waals surface area (Å²) in [5, 5.41) is 12.3. The number of amides is 1. The number of ether oxygens (including phenoxy) is 2. The topological polar surface area (TPSA) is 106 Å². The average Bonchev–Trinajstić information content (AvgIpc) is 2.90. The second-order valence-corrected chi connectivity index (χ2v) is 9.02. The van der Waals surface area contributed by atoms with Gasteiger partial charge in [0.25, 0.3) is 0 Å². The number of nitrogens with one attached hydrogen (secondary N) is 2. The van der Waals surface area contributed by atoms with Gasteiger partial charge in [0.1, 0.15) is 12.1 Å². The number of fused-ring (bicyclic) bond motifs is 2. The standard InChI is InChI=1S/C28H31FN4O4/c1-17-12-19-9-10-22(27(29)20(19)13-18(17)2)32-28-21-14-24(36-3)25(15-23(21)30-16-31-28)37-11-7-5-4-6-8-26(34)33-35/h9-10,13-16,35H,1,4-8,11-12H2,2-3H3,(H,33,34)(H,30,31,32). The Bertz CT molecular complexity index is 1360. The van der Waals surface area contributed by atoms with Crippen LogP contribution >= 0.6 is 0 Å². The van der Waals surface area contributed by atoms with Crippen LogP contribution in [-0.2, 0) is 11.2 Å². The van der Waals surface area contributed by atoms with Gasteiger partial charge in [-0.25, -0.2) is 19.8 Å². The molecule has 0 saturated heterocycles. The minimum absolute atomic E-state index is 0.299. The highest BCUT2D eigenvalue weighted by Gasteiger charge is 2.19. The first-order chi connectivity index (χ1) is 17.9. The van der Waals surface area contributed by atoms with Crippen LogP contribution in [0.1, 0.15) is 50.2 Å². The van der Waals surface area contributed by atoms with Crippen molar-refractivity contribution in [1.29, 1.82) is 0 Å². The summed E-state index contributed by atoms with van der Waals surface area (Å²) in [7, 11) is 1.56. The van der Waals surface area contributed by atoms with Crippen LogP contribution in [0.2, 0.25) is 0 Å². The Balaban J connectivity index is 1.48. The minimum Gasteiger partial charge on any atom is -0.493 e. The van der Waals surface area contributed by atoms with Crippen molar-refractivity contribution in [2.24, 2.45) is 0 Å². The Kier molecular flexibility index (Phi) is 8.35. The van der Waals surface area contributed by atoms with Crippen molar-refractivity contribution in [3.05, 3.63) is 65.3 Å². The molecule has 0 radical (unpaired) electrons. The highest BCUT2D eigenvalue weighted by molar-refractivity contribution is 5.93. The molecule has 0 atom stereocenters. The van der Waals surface area contributed by atoms with Crippen LogP contribution < -0.4 is 20.3 Å². The Morgan fingerprint density at radius 3 is 2.76 bits per heavy atom. The summed E-state index contributed by atoms with van der Waals surface area (Å²) in [6.07, 6.45) is 7.44. The number of halogens is 1. The van der Waals surface area contributed by atoms with Crippen molar-refractivity contribution >= 4 is 34.4 Å². The largest absolute Gasteiger partial charge is 0.493 e. The zero-order chi connectivity index (χ0) is 26.4. The van der Waals surface area contributed by atoms with E-state index < -0.39 is 0 Å². The van der Waals surface area contributed by atoms with E-state index in [0.717, 1.165) is 36.0 Å². The number of carbonyl (C=O) groups is 1. The molecule has 1 aliphatic carbocycles. The molecule has 8 nitrogen and oxygen atoms in total. The van der Waals surface area contributed by atoms with Gasteiger partial charge in [-0.05, 0) is 61.1 Å². The van der Waals surface area contributed by atoms with E-state index in [4.69, 9.17) is 14.7 Å². The first-order valence-electron chi connectivity index (χ1n) is 12.2. The zero-order valence-corrected chi connectivity index (χ0v) is 21.1. The van der Waals surface area contributed by atoms with Gasteiger partial charge in [-0.1, -0.05) is 25.5 Å². The molecule has 4 rings (SSSR count). The Morgan fingerprint density at radius 1 is 1.16 bits per heavy atom. The molecule has 0 saturated carbocycles. The number of benzene rings is 2. The van der Waals surface area contributed by atoms with Crippen LogP contribution in [0.3, 0.4) is 0 Å². The molecule has 1 aromatic heterocycles. The van der Waals surface area contributed by atoms with Crippen LogP contribution in [0.15, 0.2) is 48.3 Å². The SMILES string of the molecule is C=C1Cc2ccc(Nc3ncnc4cc(OCCCCCCC(=O)NO)c(OC)cc34)c(F)c2C=C1C. The monoisotopic (exact) mass is 506 g/mol. The maximum absolute atomic E-state index is 15.4. The summed E-state index contributed by atoms with van der Waals surface area (Å²) >= 11 is 0. The van der Waals surface area contributed by atoms with Gasteiger partial charge in [0, 0.05) is 23.4 Å². The molecular weight excluding hydrogens is 475 g/mol. The molecule has 0 spiro atoms. The fraction of sp³-hybridized carbons (Fsp3) is 0.321. The Morgan fingerprint density at radius 2 is 1.97 bits per heavy atom. The average molecular weight is 507 g/mol. The Hall–Kier alpha value is -3.98. The maximum atomic E-state index is 15.4. The van der Waals surface area contributed by atoms with Gasteiger partial charge in [-0.15, -0.1) is 0 Å². The van der Waals surface area contributed by atoms with Crippen molar-refractivity contribution in [2.45, 2.75) is 45.4 Å². The summed E-state index contributed by atoms with van der Waals surface area (Å²) < 4.78 is 26.9. The third-order valence-corrected chi connectivity index (χ3v) is 6.45. The third-order valence-electron chi connectivity index (χ3n) is 6.45. The van der Waals surface area contributed by atoms with Crippen LogP contribution in [0, 0.1) is 5.82 Å². The fourth-order valence-corrected chi connectivity index (χ4v) is 4.27. The maximum Gasteiger partial charge on any atom is 0.243 e. The highest BCUT2D eigenvalue weighted by atomic mass is 19.1. The minimum atomic E-state index is -0.374. The zero-order valence-electron chi connectivity index (χ0n) is 21.1. The van der Waals surface area contributed by atoms with Crippen LogP contribution in [0.25, 0.3) is 17.0 Å². The molecule has 194 valence electrons. The molecule has 3 aromatic rings. The normalized spacial score (nSPS) is 12.6. The number of carbonyl (C=O) groups excluding carboxylic acids is 1.